The van der Waals surface area contributed by atoms with E-state index < -0.39 is 0 Å². The molecular formula is C17H17. The highest BCUT2D eigenvalue weighted by atomic mass is 14.0. The number of rotatable bonds is 4. The molecule has 0 fully saturated rings. The van der Waals surface area contributed by atoms with E-state index >= 15 is 0 Å². The van der Waals surface area contributed by atoms with E-state index in [0.717, 1.165) is 6.42 Å². The van der Waals surface area contributed by atoms with Crippen LogP contribution in [-0.4, -0.2) is 0 Å². The van der Waals surface area contributed by atoms with E-state index in [1.165, 1.54) is 16.7 Å². The quantitative estimate of drug-likeness (QED) is 0.646. The van der Waals surface area contributed by atoms with Crippen LogP contribution in [0.1, 0.15) is 18.9 Å². The molecule has 85 valence electrons. The highest BCUT2D eigenvalue weighted by Crippen LogP contribution is 2.20. The lowest BCUT2D eigenvalue weighted by Crippen LogP contribution is -1.81. The van der Waals surface area contributed by atoms with Crippen molar-refractivity contribution in [2.75, 3.05) is 0 Å². The first-order valence-corrected chi connectivity index (χ1v) is 6.00. The fraction of sp³-hybridized carbons (Fsp3) is 0.118. The summed E-state index contributed by atoms with van der Waals surface area (Å²) in [5.74, 6) is 0. The molecule has 0 heterocycles. The van der Waals surface area contributed by atoms with Gasteiger partial charge in [-0.25, -0.2) is 0 Å². The molecule has 0 aliphatic rings. The first kappa shape index (κ1) is 11.7. The molecule has 2 aromatic carbocycles. The predicted octanol–water partition coefficient (Wildman–Crippen LogP) is 4.87. The molecule has 0 saturated carbocycles. The van der Waals surface area contributed by atoms with E-state index in [-0.39, 0.29) is 0 Å². The fourth-order valence-electron chi connectivity index (χ4n) is 1.78. The van der Waals surface area contributed by atoms with E-state index in [1.807, 2.05) is 13.0 Å². The van der Waals surface area contributed by atoms with Crippen LogP contribution in [0.25, 0.3) is 11.1 Å². The van der Waals surface area contributed by atoms with Crippen LogP contribution in [0.3, 0.4) is 0 Å². The van der Waals surface area contributed by atoms with Gasteiger partial charge in [-0.05, 0) is 36.5 Å². The fourth-order valence-corrected chi connectivity index (χ4v) is 1.78. The van der Waals surface area contributed by atoms with E-state index in [4.69, 9.17) is 0 Å². The van der Waals surface area contributed by atoms with Crippen molar-refractivity contribution in [1.29, 1.82) is 0 Å². The molecule has 2 rings (SSSR count). The van der Waals surface area contributed by atoms with Crippen LogP contribution < -0.4 is 0 Å². The molecular weight excluding hydrogens is 204 g/mol. The van der Waals surface area contributed by atoms with Gasteiger partial charge >= 0.3 is 0 Å². The molecule has 0 saturated heterocycles. The minimum atomic E-state index is 1.00. The average molecular weight is 221 g/mol. The zero-order valence-electron chi connectivity index (χ0n) is 10.1. The van der Waals surface area contributed by atoms with Gasteiger partial charge in [-0.3, -0.25) is 0 Å². The molecule has 0 spiro atoms. The van der Waals surface area contributed by atoms with Gasteiger partial charge in [-0.15, -0.1) is 0 Å². The molecule has 0 unspecified atom stereocenters. The first-order valence-electron chi connectivity index (χ1n) is 6.00. The molecule has 0 amide bonds. The molecule has 0 bridgehead atoms. The Labute approximate surface area is 104 Å². The van der Waals surface area contributed by atoms with E-state index in [9.17, 15) is 0 Å². The highest BCUT2D eigenvalue weighted by Gasteiger charge is 1.96. The maximum Gasteiger partial charge on any atom is -0.00556 e. The molecule has 0 heteroatoms. The first-order chi connectivity index (χ1) is 8.40. The molecule has 0 aromatic heterocycles. The average Bonchev–Trinajstić information content (AvgIpc) is 2.41. The van der Waals surface area contributed by atoms with Crippen LogP contribution >= 0.6 is 0 Å². The maximum absolute atomic E-state index is 2.23. The van der Waals surface area contributed by atoms with Gasteiger partial charge in [0.2, 0.25) is 0 Å². The SMILES string of the molecule is CC=CC[CH]c1ccc(-c2ccccc2)cc1. The minimum absolute atomic E-state index is 1.00. The zero-order chi connectivity index (χ0) is 11.9. The zero-order valence-corrected chi connectivity index (χ0v) is 10.1. The van der Waals surface area contributed by atoms with Crippen molar-refractivity contribution in [2.45, 2.75) is 13.3 Å². The summed E-state index contributed by atoms with van der Waals surface area (Å²) in [4.78, 5) is 0. The second-order valence-corrected chi connectivity index (χ2v) is 4.00. The Kier molecular flexibility index (Phi) is 4.15. The van der Waals surface area contributed by atoms with Crippen LogP contribution in [0.5, 0.6) is 0 Å². The molecule has 0 N–H and O–H groups in total. The van der Waals surface area contributed by atoms with E-state index in [0.29, 0.717) is 0 Å². The number of hydrogen-bond acceptors (Lipinski definition) is 0. The third kappa shape index (κ3) is 3.32. The van der Waals surface area contributed by atoms with Crippen LogP contribution in [0.4, 0.5) is 0 Å². The van der Waals surface area contributed by atoms with Gasteiger partial charge in [-0.1, -0.05) is 66.7 Å². The molecule has 1 radical (unpaired) electrons. The standard InChI is InChI=1S/C17H17/c1-2-3-5-8-15-11-13-17(14-12-15)16-9-6-4-7-10-16/h2-4,6-14H,5H2,1H3. The predicted molar refractivity (Wildman–Crippen MR) is 74.7 cm³/mol. The molecule has 0 aliphatic carbocycles. The summed E-state index contributed by atoms with van der Waals surface area (Å²) in [5, 5.41) is 0. The topological polar surface area (TPSA) is 0 Å². The Morgan fingerprint density at radius 1 is 0.824 bits per heavy atom. The molecule has 0 atom stereocenters. The lowest BCUT2D eigenvalue weighted by Gasteiger charge is -2.03. The lowest BCUT2D eigenvalue weighted by molar-refractivity contribution is 1.24. The van der Waals surface area contributed by atoms with Crippen molar-refractivity contribution in [3.8, 4) is 11.1 Å². The van der Waals surface area contributed by atoms with Gasteiger partial charge in [0, 0.05) is 0 Å². The van der Waals surface area contributed by atoms with Crippen LogP contribution in [0, 0.1) is 6.42 Å². The van der Waals surface area contributed by atoms with Gasteiger partial charge in [0.15, 0.2) is 0 Å². The van der Waals surface area contributed by atoms with E-state index in [1.54, 1.807) is 0 Å². The molecule has 2 aromatic rings. The van der Waals surface area contributed by atoms with Gasteiger partial charge in [0.1, 0.15) is 0 Å². The van der Waals surface area contributed by atoms with Crippen molar-refractivity contribution in [2.24, 2.45) is 0 Å². The Bertz CT molecular complexity index is 463. The van der Waals surface area contributed by atoms with Crippen molar-refractivity contribution >= 4 is 0 Å². The highest BCUT2D eigenvalue weighted by molar-refractivity contribution is 5.63. The monoisotopic (exact) mass is 221 g/mol. The summed E-state index contributed by atoms with van der Waals surface area (Å²) in [6.45, 7) is 2.05. The Balaban J connectivity index is 2.08. The minimum Gasteiger partial charge on any atom is -0.0916 e. The second-order valence-electron chi connectivity index (χ2n) is 4.00. The van der Waals surface area contributed by atoms with Crippen LogP contribution in [-0.2, 0) is 0 Å². The van der Waals surface area contributed by atoms with Crippen LogP contribution in [0.2, 0.25) is 0 Å². The van der Waals surface area contributed by atoms with Crippen LogP contribution in [0.15, 0.2) is 66.7 Å². The van der Waals surface area contributed by atoms with Gasteiger partial charge in [0.05, 0.1) is 0 Å². The summed E-state index contributed by atoms with van der Waals surface area (Å²) >= 11 is 0. The van der Waals surface area contributed by atoms with Gasteiger partial charge in [-0.2, -0.15) is 0 Å². The molecule has 0 nitrogen and oxygen atoms in total. The van der Waals surface area contributed by atoms with Crippen molar-refractivity contribution < 1.29 is 0 Å². The Morgan fingerprint density at radius 2 is 1.47 bits per heavy atom. The van der Waals surface area contributed by atoms with E-state index in [2.05, 4.69) is 67.1 Å². The lowest BCUT2D eigenvalue weighted by atomic mass is 10.0. The Hall–Kier alpha value is -1.82. The Morgan fingerprint density at radius 3 is 2.12 bits per heavy atom. The maximum atomic E-state index is 2.23. The smallest absolute Gasteiger partial charge is 0.00556 e. The summed E-state index contributed by atoms with van der Waals surface area (Å²) in [7, 11) is 0. The number of hydrogen-bond donors (Lipinski definition) is 0. The van der Waals surface area contributed by atoms with Gasteiger partial charge < -0.3 is 0 Å². The third-order valence-corrected chi connectivity index (χ3v) is 2.74. The summed E-state index contributed by atoms with van der Waals surface area (Å²) in [6.07, 6.45) is 7.47. The number of allylic oxidation sites excluding steroid dienone is 2. The largest absolute Gasteiger partial charge is 0.0916 e. The second kappa shape index (κ2) is 6.05. The third-order valence-electron chi connectivity index (χ3n) is 2.74. The summed E-state index contributed by atoms with van der Waals surface area (Å²) in [6, 6.07) is 19.2. The van der Waals surface area contributed by atoms with Crippen molar-refractivity contribution in [1.82, 2.24) is 0 Å². The molecule has 17 heavy (non-hydrogen) atoms. The summed E-state index contributed by atoms with van der Waals surface area (Å²) in [5.41, 5.74) is 3.82. The number of benzene rings is 2. The normalized spacial score (nSPS) is 10.9. The van der Waals surface area contributed by atoms with Gasteiger partial charge in [0.25, 0.3) is 0 Å². The van der Waals surface area contributed by atoms with Crippen molar-refractivity contribution in [3.63, 3.8) is 0 Å². The molecule has 0 aliphatic heterocycles. The summed E-state index contributed by atoms with van der Waals surface area (Å²) < 4.78 is 0. The van der Waals surface area contributed by atoms with Crippen molar-refractivity contribution in [3.05, 3.63) is 78.7 Å².